The number of pyridine rings is 1. The Morgan fingerprint density at radius 2 is 2.28 bits per heavy atom. The van der Waals surface area contributed by atoms with E-state index in [0.717, 1.165) is 6.20 Å². The van der Waals surface area contributed by atoms with Gasteiger partial charge >= 0.3 is 0 Å². The first-order valence-electron chi connectivity index (χ1n) is 5.55. The maximum Gasteiger partial charge on any atom is 0.287 e. The summed E-state index contributed by atoms with van der Waals surface area (Å²) < 4.78 is 23.2. The van der Waals surface area contributed by atoms with Gasteiger partial charge in [0.2, 0.25) is 0 Å². The molecule has 1 N–H and O–H groups in total. The fourth-order valence-electron chi connectivity index (χ4n) is 1.90. The predicted octanol–water partition coefficient (Wildman–Crippen LogP) is 0.979. The molecule has 0 radical (unpaired) electrons. The first-order valence-corrected chi connectivity index (χ1v) is 7.26. The molecule has 8 heteroatoms. The van der Waals surface area contributed by atoms with Crippen molar-refractivity contribution in [1.82, 2.24) is 4.98 Å². The van der Waals surface area contributed by atoms with Gasteiger partial charge in [-0.15, -0.1) is 0 Å². The minimum atomic E-state index is -2.98. The van der Waals surface area contributed by atoms with Crippen molar-refractivity contribution in [3.05, 3.63) is 28.4 Å². The molecule has 2 heterocycles. The fraction of sp³-hybridized carbons (Fsp3) is 0.500. The predicted molar refractivity (Wildman–Crippen MR) is 66.2 cm³/mol. The zero-order chi connectivity index (χ0) is 13.2. The largest absolute Gasteiger partial charge is 0.369 e. The lowest BCUT2D eigenvalue weighted by atomic mass is 10.2. The molecular weight excluding hydrogens is 258 g/mol. The number of hydrogen-bond acceptors (Lipinski definition) is 6. The molecule has 0 saturated carbocycles. The number of nitrogens with zero attached hydrogens (tertiary/aromatic N) is 2. The Kier molecular flexibility index (Phi) is 3.46. The molecule has 0 bridgehead atoms. The van der Waals surface area contributed by atoms with Crippen LogP contribution in [0.1, 0.15) is 12.8 Å². The summed E-state index contributed by atoms with van der Waals surface area (Å²) in [6, 6.07) is 2.80. The summed E-state index contributed by atoms with van der Waals surface area (Å²) in [7, 11) is -2.98. The third kappa shape index (κ3) is 2.76. The van der Waals surface area contributed by atoms with E-state index in [4.69, 9.17) is 0 Å². The summed E-state index contributed by atoms with van der Waals surface area (Å²) in [6.07, 6.45) is 2.50. The summed E-state index contributed by atoms with van der Waals surface area (Å²) in [5, 5.41) is 12.9. The van der Waals surface area contributed by atoms with E-state index < -0.39 is 14.8 Å². The van der Waals surface area contributed by atoms with Crippen molar-refractivity contribution in [3.63, 3.8) is 0 Å². The third-order valence-electron chi connectivity index (χ3n) is 2.93. The summed E-state index contributed by atoms with van der Waals surface area (Å²) in [6.45, 7) is 0.299. The smallest absolute Gasteiger partial charge is 0.287 e. The van der Waals surface area contributed by atoms with Crippen LogP contribution in [-0.4, -0.2) is 35.9 Å². The SMILES string of the molecule is O=[N+]([O-])c1ccc(NCC2CCCS2(=O)=O)nc1. The van der Waals surface area contributed by atoms with Crippen LogP contribution < -0.4 is 5.32 Å². The van der Waals surface area contributed by atoms with Crippen LogP contribution in [0.4, 0.5) is 11.5 Å². The maximum atomic E-state index is 11.6. The molecule has 7 nitrogen and oxygen atoms in total. The molecule has 1 fully saturated rings. The van der Waals surface area contributed by atoms with Crippen molar-refractivity contribution in [2.45, 2.75) is 18.1 Å². The molecule has 1 aromatic heterocycles. The van der Waals surface area contributed by atoms with Gasteiger partial charge in [0.25, 0.3) is 5.69 Å². The number of nitro groups is 1. The molecule has 1 aliphatic rings. The van der Waals surface area contributed by atoms with Gasteiger partial charge < -0.3 is 5.32 Å². The maximum absolute atomic E-state index is 11.6. The molecule has 98 valence electrons. The minimum absolute atomic E-state index is 0.0889. The molecule has 0 aromatic carbocycles. The van der Waals surface area contributed by atoms with Crippen LogP contribution in [0.15, 0.2) is 18.3 Å². The molecular formula is C10H13N3O4S. The second-order valence-electron chi connectivity index (χ2n) is 4.17. The number of hydrogen-bond donors (Lipinski definition) is 1. The Labute approximate surface area is 104 Å². The van der Waals surface area contributed by atoms with Crippen molar-refractivity contribution in [1.29, 1.82) is 0 Å². The third-order valence-corrected chi connectivity index (χ3v) is 5.21. The van der Waals surface area contributed by atoms with Crippen molar-refractivity contribution in [3.8, 4) is 0 Å². The summed E-state index contributed by atoms with van der Waals surface area (Å²) >= 11 is 0. The zero-order valence-corrected chi connectivity index (χ0v) is 10.4. The first kappa shape index (κ1) is 12.7. The number of anilines is 1. The average Bonchev–Trinajstić information content (AvgIpc) is 2.66. The average molecular weight is 271 g/mol. The standard InChI is InChI=1S/C10H13N3O4S/c14-13(15)8-3-4-10(11-6-8)12-7-9-2-1-5-18(9,16)17/h3-4,6,9H,1-2,5,7H2,(H,11,12). The Bertz CT molecular complexity index is 541. The quantitative estimate of drug-likeness (QED) is 0.647. The second-order valence-corrected chi connectivity index (χ2v) is 6.57. The molecule has 1 atom stereocenters. The van der Waals surface area contributed by atoms with E-state index in [1.807, 2.05) is 0 Å². The van der Waals surface area contributed by atoms with Gasteiger partial charge in [0.15, 0.2) is 9.84 Å². The van der Waals surface area contributed by atoms with Crippen LogP contribution >= 0.6 is 0 Å². The monoisotopic (exact) mass is 271 g/mol. The van der Waals surface area contributed by atoms with E-state index in [0.29, 0.717) is 25.2 Å². The minimum Gasteiger partial charge on any atom is -0.369 e. The van der Waals surface area contributed by atoms with Crippen LogP contribution in [0.25, 0.3) is 0 Å². The van der Waals surface area contributed by atoms with E-state index in [1.54, 1.807) is 0 Å². The summed E-state index contributed by atoms with van der Waals surface area (Å²) in [5.74, 6) is 0.690. The van der Waals surface area contributed by atoms with E-state index >= 15 is 0 Å². The highest BCUT2D eigenvalue weighted by molar-refractivity contribution is 7.92. The topological polar surface area (TPSA) is 102 Å². The lowest BCUT2D eigenvalue weighted by Crippen LogP contribution is -2.25. The van der Waals surface area contributed by atoms with E-state index in [-0.39, 0.29) is 16.7 Å². The van der Waals surface area contributed by atoms with E-state index in [9.17, 15) is 18.5 Å². The molecule has 1 saturated heterocycles. The number of sulfone groups is 1. The van der Waals surface area contributed by atoms with Gasteiger partial charge in [-0.2, -0.15) is 0 Å². The second kappa shape index (κ2) is 4.89. The molecule has 18 heavy (non-hydrogen) atoms. The van der Waals surface area contributed by atoms with Gasteiger partial charge in [-0.1, -0.05) is 0 Å². The normalized spacial score (nSPS) is 21.7. The van der Waals surface area contributed by atoms with Crippen LogP contribution in [0.2, 0.25) is 0 Å². The molecule has 2 rings (SSSR count). The van der Waals surface area contributed by atoms with Gasteiger partial charge in [0.1, 0.15) is 12.0 Å². The molecule has 1 unspecified atom stereocenters. The Morgan fingerprint density at radius 1 is 1.50 bits per heavy atom. The van der Waals surface area contributed by atoms with E-state index in [2.05, 4.69) is 10.3 Å². The van der Waals surface area contributed by atoms with Crippen molar-refractivity contribution < 1.29 is 13.3 Å². The fourth-order valence-corrected chi connectivity index (χ4v) is 3.67. The number of aromatic nitrogens is 1. The number of rotatable bonds is 4. The van der Waals surface area contributed by atoms with Gasteiger partial charge in [-0.05, 0) is 18.9 Å². The lowest BCUT2D eigenvalue weighted by molar-refractivity contribution is -0.385. The van der Waals surface area contributed by atoms with Gasteiger partial charge in [-0.3, -0.25) is 10.1 Å². The van der Waals surface area contributed by atoms with Crippen LogP contribution in [0.3, 0.4) is 0 Å². The number of nitrogens with one attached hydrogen (secondary N) is 1. The van der Waals surface area contributed by atoms with Gasteiger partial charge in [0, 0.05) is 12.6 Å². The van der Waals surface area contributed by atoms with Gasteiger partial charge in [-0.25, -0.2) is 13.4 Å². The van der Waals surface area contributed by atoms with Crippen molar-refractivity contribution >= 4 is 21.3 Å². The summed E-state index contributed by atoms with van der Waals surface area (Å²) in [5.41, 5.74) is -0.0889. The molecule has 0 amide bonds. The highest BCUT2D eigenvalue weighted by Crippen LogP contribution is 2.20. The summed E-state index contributed by atoms with van der Waals surface area (Å²) in [4.78, 5) is 13.8. The first-order chi connectivity index (χ1) is 8.49. The Hall–Kier alpha value is -1.70. The van der Waals surface area contributed by atoms with Crippen molar-refractivity contribution in [2.75, 3.05) is 17.6 Å². The lowest BCUT2D eigenvalue weighted by Gasteiger charge is -2.10. The molecule has 1 aromatic rings. The highest BCUT2D eigenvalue weighted by atomic mass is 32.2. The Balaban J connectivity index is 1.96. The van der Waals surface area contributed by atoms with Crippen LogP contribution in [0.5, 0.6) is 0 Å². The van der Waals surface area contributed by atoms with Crippen LogP contribution in [-0.2, 0) is 9.84 Å². The van der Waals surface area contributed by atoms with E-state index in [1.165, 1.54) is 12.1 Å². The van der Waals surface area contributed by atoms with Gasteiger partial charge in [0.05, 0.1) is 15.9 Å². The molecule has 1 aliphatic heterocycles. The Morgan fingerprint density at radius 3 is 2.78 bits per heavy atom. The van der Waals surface area contributed by atoms with Crippen LogP contribution in [0, 0.1) is 10.1 Å². The van der Waals surface area contributed by atoms with Crippen molar-refractivity contribution in [2.24, 2.45) is 0 Å². The zero-order valence-electron chi connectivity index (χ0n) is 9.57. The molecule has 0 aliphatic carbocycles. The highest BCUT2D eigenvalue weighted by Gasteiger charge is 2.30. The molecule has 0 spiro atoms.